The third-order valence-corrected chi connectivity index (χ3v) is 2.49. The summed E-state index contributed by atoms with van der Waals surface area (Å²) in [6.45, 7) is 0. The fourth-order valence-corrected chi connectivity index (χ4v) is 1.71. The molecule has 4 heteroatoms. The number of rotatable bonds is 0. The monoisotopic (exact) mass is 334 g/mol. The zero-order chi connectivity index (χ0) is 8.55. The van der Waals surface area contributed by atoms with Crippen molar-refractivity contribution in [2.24, 2.45) is 0 Å². The highest BCUT2D eigenvalue weighted by Crippen LogP contribution is 2.16. The minimum absolute atomic E-state index is 0.915. The smallest absolute Gasteiger partial charge is 0.120 e. The Bertz CT molecular complexity index is 394. The van der Waals surface area contributed by atoms with Gasteiger partial charge in [-0.25, -0.2) is 4.98 Å². The molecule has 0 atom stereocenters. The second kappa shape index (κ2) is 3.26. The molecule has 60 valence electrons. The molecule has 1 aromatic carbocycles. The first kappa shape index (κ1) is 8.37. The summed E-state index contributed by atoms with van der Waals surface area (Å²) in [6, 6.07) is 5.87. The molecular formula is C8H4BrIN2. The highest BCUT2D eigenvalue weighted by Gasteiger charge is 1.97. The molecule has 1 aromatic heterocycles. The molecule has 0 N–H and O–H groups in total. The van der Waals surface area contributed by atoms with E-state index in [9.17, 15) is 0 Å². The summed E-state index contributed by atoms with van der Waals surface area (Å²) in [6.07, 6.45) is 1.76. The van der Waals surface area contributed by atoms with Gasteiger partial charge >= 0.3 is 0 Å². The lowest BCUT2D eigenvalue weighted by Crippen LogP contribution is -1.85. The first-order valence-electron chi connectivity index (χ1n) is 3.33. The quantitative estimate of drug-likeness (QED) is 0.692. The van der Waals surface area contributed by atoms with Gasteiger partial charge in [0, 0.05) is 4.47 Å². The van der Waals surface area contributed by atoms with Crippen molar-refractivity contribution in [1.82, 2.24) is 9.97 Å². The maximum atomic E-state index is 4.33. The van der Waals surface area contributed by atoms with E-state index in [1.54, 1.807) is 6.20 Å². The Morgan fingerprint density at radius 1 is 1.25 bits per heavy atom. The predicted octanol–water partition coefficient (Wildman–Crippen LogP) is 3.00. The van der Waals surface area contributed by atoms with Gasteiger partial charge in [0.2, 0.25) is 0 Å². The minimum atomic E-state index is 0.915. The van der Waals surface area contributed by atoms with E-state index in [-0.39, 0.29) is 0 Å². The molecule has 0 aliphatic heterocycles. The molecule has 1 heterocycles. The molecule has 0 unspecified atom stereocenters. The first-order valence-corrected chi connectivity index (χ1v) is 5.21. The summed E-state index contributed by atoms with van der Waals surface area (Å²) >= 11 is 5.54. The molecule has 0 aliphatic rings. The van der Waals surface area contributed by atoms with Crippen LogP contribution in [0.3, 0.4) is 0 Å². The average Bonchev–Trinajstić information content (AvgIpc) is 2.03. The topological polar surface area (TPSA) is 25.8 Å². The molecule has 0 aliphatic carbocycles. The molecule has 0 fully saturated rings. The van der Waals surface area contributed by atoms with Gasteiger partial charge in [0.25, 0.3) is 0 Å². The Balaban J connectivity index is 2.80. The van der Waals surface area contributed by atoms with Crippen molar-refractivity contribution in [2.75, 3.05) is 0 Å². The summed E-state index contributed by atoms with van der Waals surface area (Å²) in [5, 5.41) is 0. The van der Waals surface area contributed by atoms with Gasteiger partial charge in [-0.3, -0.25) is 4.98 Å². The molecule has 12 heavy (non-hydrogen) atoms. The van der Waals surface area contributed by atoms with Gasteiger partial charge in [-0.15, -0.1) is 0 Å². The zero-order valence-electron chi connectivity index (χ0n) is 5.96. The number of nitrogens with zero attached hydrogens (tertiary/aromatic N) is 2. The van der Waals surface area contributed by atoms with Crippen LogP contribution in [-0.2, 0) is 0 Å². The van der Waals surface area contributed by atoms with Crippen LogP contribution in [0.1, 0.15) is 0 Å². The van der Waals surface area contributed by atoms with Crippen LogP contribution in [0.25, 0.3) is 11.0 Å². The number of hydrogen-bond donors (Lipinski definition) is 0. The lowest BCUT2D eigenvalue weighted by molar-refractivity contribution is 1.24. The van der Waals surface area contributed by atoms with E-state index in [0.29, 0.717) is 0 Å². The fourth-order valence-electron chi connectivity index (χ4n) is 0.962. The summed E-state index contributed by atoms with van der Waals surface area (Å²) < 4.78 is 1.95. The fraction of sp³-hybridized carbons (Fsp3) is 0. The van der Waals surface area contributed by atoms with E-state index in [0.717, 1.165) is 19.2 Å². The van der Waals surface area contributed by atoms with Crippen molar-refractivity contribution in [3.05, 3.63) is 32.6 Å². The number of fused-ring (bicyclic) bond motifs is 1. The summed E-state index contributed by atoms with van der Waals surface area (Å²) in [7, 11) is 0. The Morgan fingerprint density at radius 3 is 2.92 bits per heavy atom. The van der Waals surface area contributed by atoms with Crippen LogP contribution < -0.4 is 0 Å². The van der Waals surface area contributed by atoms with Crippen LogP contribution in [0.15, 0.2) is 28.9 Å². The number of aromatic nitrogens is 2. The van der Waals surface area contributed by atoms with Crippen LogP contribution in [0, 0.1) is 3.70 Å². The van der Waals surface area contributed by atoms with E-state index in [4.69, 9.17) is 0 Å². The van der Waals surface area contributed by atoms with E-state index >= 15 is 0 Å². The lowest BCUT2D eigenvalue weighted by Gasteiger charge is -1.96. The SMILES string of the molecule is Brc1ccc2ncc(I)nc2c1. The van der Waals surface area contributed by atoms with Crippen molar-refractivity contribution in [1.29, 1.82) is 0 Å². The van der Waals surface area contributed by atoms with Crippen molar-refractivity contribution in [2.45, 2.75) is 0 Å². The number of benzene rings is 1. The standard InChI is InChI=1S/C8H4BrIN2/c9-5-1-2-6-7(3-5)12-8(10)4-11-6/h1-4H. The van der Waals surface area contributed by atoms with Crippen LogP contribution in [0.2, 0.25) is 0 Å². The van der Waals surface area contributed by atoms with Crippen LogP contribution >= 0.6 is 38.5 Å². The van der Waals surface area contributed by atoms with E-state index in [2.05, 4.69) is 48.5 Å². The number of halogens is 2. The van der Waals surface area contributed by atoms with E-state index < -0.39 is 0 Å². The van der Waals surface area contributed by atoms with Crippen LogP contribution in [0.4, 0.5) is 0 Å². The van der Waals surface area contributed by atoms with Crippen LogP contribution in [-0.4, -0.2) is 9.97 Å². The predicted molar refractivity (Wildman–Crippen MR) is 60.0 cm³/mol. The maximum Gasteiger partial charge on any atom is 0.120 e. The molecule has 0 saturated heterocycles. The molecule has 2 rings (SSSR count). The Morgan fingerprint density at radius 2 is 2.08 bits per heavy atom. The van der Waals surface area contributed by atoms with Gasteiger partial charge in [0.15, 0.2) is 0 Å². The van der Waals surface area contributed by atoms with Gasteiger partial charge in [0.1, 0.15) is 3.70 Å². The second-order valence-electron chi connectivity index (χ2n) is 2.33. The van der Waals surface area contributed by atoms with Gasteiger partial charge in [0.05, 0.1) is 17.2 Å². The molecule has 0 spiro atoms. The molecular weight excluding hydrogens is 331 g/mol. The Hall–Kier alpha value is -0.230. The van der Waals surface area contributed by atoms with Crippen molar-refractivity contribution >= 4 is 49.6 Å². The summed E-state index contributed by atoms with van der Waals surface area (Å²) in [4.78, 5) is 8.56. The lowest BCUT2D eigenvalue weighted by atomic mass is 10.3. The molecule has 0 bridgehead atoms. The summed E-state index contributed by atoms with van der Waals surface area (Å²) in [5.41, 5.74) is 1.86. The van der Waals surface area contributed by atoms with Crippen molar-refractivity contribution in [3.63, 3.8) is 0 Å². The van der Waals surface area contributed by atoms with Gasteiger partial charge in [-0.1, -0.05) is 15.9 Å². The van der Waals surface area contributed by atoms with Crippen molar-refractivity contribution < 1.29 is 0 Å². The van der Waals surface area contributed by atoms with Crippen LogP contribution in [0.5, 0.6) is 0 Å². The van der Waals surface area contributed by atoms with Gasteiger partial charge in [-0.2, -0.15) is 0 Å². The Labute approximate surface area is 91.7 Å². The first-order chi connectivity index (χ1) is 5.75. The average molecular weight is 335 g/mol. The normalized spacial score (nSPS) is 10.5. The molecule has 0 saturated carbocycles. The highest BCUT2D eigenvalue weighted by atomic mass is 127. The largest absolute Gasteiger partial charge is 0.252 e. The van der Waals surface area contributed by atoms with Gasteiger partial charge < -0.3 is 0 Å². The van der Waals surface area contributed by atoms with Gasteiger partial charge in [-0.05, 0) is 40.8 Å². The minimum Gasteiger partial charge on any atom is -0.252 e. The molecule has 0 amide bonds. The molecule has 2 aromatic rings. The van der Waals surface area contributed by atoms with E-state index in [1.807, 2.05) is 18.2 Å². The third-order valence-electron chi connectivity index (χ3n) is 1.47. The summed E-state index contributed by atoms with van der Waals surface area (Å²) in [5.74, 6) is 0. The van der Waals surface area contributed by atoms with Crippen molar-refractivity contribution in [3.8, 4) is 0 Å². The molecule has 2 nitrogen and oxygen atoms in total. The second-order valence-corrected chi connectivity index (χ2v) is 4.35. The zero-order valence-corrected chi connectivity index (χ0v) is 9.70. The maximum absolute atomic E-state index is 4.33. The molecule has 0 radical (unpaired) electrons. The number of hydrogen-bond acceptors (Lipinski definition) is 2. The third kappa shape index (κ3) is 1.59. The van der Waals surface area contributed by atoms with E-state index in [1.165, 1.54) is 0 Å². The Kier molecular flexibility index (Phi) is 2.27. The highest BCUT2D eigenvalue weighted by molar-refractivity contribution is 14.1.